The molecule has 1 unspecified atom stereocenters. The molecule has 0 saturated carbocycles. The van der Waals surface area contributed by atoms with Gasteiger partial charge in [0.25, 0.3) is 0 Å². The fourth-order valence-corrected chi connectivity index (χ4v) is 0.585. The summed E-state index contributed by atoms with van der Waals surface area (Å²) in [5.74, 6) is -2.98. The Balaban J connectivity index is 0. The predicted octanol–water partition coefficient (Wildman–Crippen LogP) is 3.96. The molecule has 70 valence electrons. The van der Waals surface area contributed by atoms with Gasteiger partial charge >= 0.3 is 0 Å². The maximum Gasteiger partial charge on any atom is 0.248 e. The zero-order valence-electron chi connectivity index (χ0n) is 8.41. The lowest BCUT2D eigenvalue weighted by molar-refractivity contribution is -0.0493. The van der Waals surface area contributed by atoms with Gasteiger partial charge < -0.3 is 0 Å². The molecular formula is C9H20F2. The van der Waals surface area contributed by atoms with Crippen LogP contribution in [0.1, 0.15) is 41.5 Å². The third-order valence-electron chi connectivity index (χ3n) is 1.80. The first-order valence-electron chi connectivity index (χ1n) is 4.23. The summed E-state index contributed by atoms with van der Waals surface area (Å²) < 4.78 is 24.7. The monoisotopic (exact) mass is 166 g/mol. The van der Waals surface area contributed by atoms with Crippen LogP contribution >= 0.6 is 0 Å². The lowest BCUT2D eigenvalue weighted by atomic mass is 9.93. The van der Waals surface area contributed by atoms with Gasteiger partial charge in [0, 0.05) is 5.92 Å². The van der Waals surface area contributed by atoms with Crippen molar-refractivity contribution in [3.05, 3.63) is 0 Å². The lowest BCUT2D eigenvalue weighted by Crippen LogP contribution is -2.25. The van der Waals surface area contributed by atoms with Crippen LogP contribution in [-0.2, 0) is 0 Å². The van der Waals surface area contributed by atoms with Crippen LogP contribution in [0.2, 0.25) is 0 Å². The second-order valence-electron chi connectivity index (χ2n) is 2.99. The first kappa shape index (κ1) is 13.4. The highest BCUT2D eigenvalue weighted by Crippen LogP contribution is 2.28. The van der Waals surface area contributed by atoms with E-state index in [1.165, 1.54) is 0 Å². The van der Waals surface area contributed by atoms with E-state index >= 15 is 0 Å². The zero-order valence-corrected chi connectivity index (χ0v) is 8.41. The Bertz CT molecular complexity index is 82.1. The summed E-state index contributed by atoms with van der Waals surface area (Å²) in [6.07, 6.45) is 0. The zero-order chi connectivity index (χ0) is 9.65. The molecule has 0 aliphatic carbocycles. The van der Waals surface area contributed by atoms with E-state index < -0.39 is 11.8 Å². The van der Waals surface area contributed by atoms with Crippen LogP contribution < -0.4 is 0 Å². The van der Waals surface area contributed by atoms with Crippen LogP contribution in [0, 0.1) is 11.8 Å². The predicted molar refractivity (Wildman–Crippen MR) is 46.0 cm³/mol. The van der Waals surface area contributed by atoms with Crippen molar-refractivity contribution in [2.75, 3.05) is 0 Å². The molecule has 0 nitrogen and oxygen atoms in total. The number of halogens is 2. The average molecular weight is 166 g/mol. The standard InChI is InChI=1S/C7H14F2.C2H6/c1-5(2)6(3)7(4,8)9;1-2/h5-6H,1-4H3;1-2H3. The van der Waals surface area contributed by atoms with Crippen LogP contribution in [-0.4, -0.2) is 5.92 Å². The second kappa shape index (κ2) is 5.50. The minimum atomic E-state index is -2.52. The van der Waals surface area contributed by atoms with Gasteiger partial charge in [-0.15, -0.1) is 0 Å². The summed E-state index contributed by atoms with van der Waals surface area (Å²) in [4.78, 5) is 0. The van der Waals surface area contributed by atoms with Gasteiger partial charge in [0.1, 0.15) is 0 Å². The van der Waals surface area contributed by atoms with Crippen LogP contribution in [0.15, 0.2) is 0 Å². The van der Waals surface area contributed by atoms with Crippen molar-refractivity contribution in [3.8, 4) is 0 Å². The number of alkyl halides is 2. The van der Waals surface area contributed by atoms with Gasteiger partial charge in [-0.05, 0) is 12.8 Å². The molecule has 0 rings (SSSR count). The molecule has 0 spiro atoms. The van der Waals surface area contributed by atoms with Crippen molar-refractivity contribution in [1.29, 1.82) is 0 Å². The average Bonchev–Trinajstić information content (AvgIpc) is 1.89. The van der Waals surface area contributed by atoms with Gasteiger partial charge in [-0.25, -0.2) is 8.78 Å². The Kier molecular flexibility index (Phi) is 6.73. The molecule has 0 aliphatic heterocycles. The maximum absolute atomic E-state index is 12.4. The highest BCUT2D eigenvalue weighted by molar-refractivity contribution is 4.70. The molecule has 0 fully saturated rings. The number of rotatable bonds is 2. The molecule has 0 aliphatic rings. The number of hydrogen-bond donors (Lipinski definition) is 0. The molecule has 1 atom stereocenters. The molecule has 0 aromatic rings. The molecule has 0 aromatic heterocycles. The molecule has 11 heavy (non-hydrogen) atoms. The Hall–Kier alpha value is -0.140. The quantitative estimate of drug-likeness (QED) is 0.582. The number of hydrogen-bond acceptors (Lipinski definition) is 0. The smallest absolute Gasteiger partial charge is 0.207 e. The summed E-state index contributed by atoms with van der Waals surface area (Å²) in [6, 6.07) is 0. The summed E-state index contributed by atoms with van der Waals surface area (Å²) in [7, 11) is 0. The van der Waals surface area contributed by atoms with E-state index in [-0.39, 0.29) is 5.92 Å². The normalized spacial score (nSPS) is 13.9. The van der Waals surface area contributed by atoms with E-state index in [0.29, 0.717) is 0 Å². The minimum Gasteiger partial charge on any atom is -0.207 e. The molecule has 0 amide bonds. The van der Waals surface area contributed by atoms with Crippen molar-refractivity contribution < 1.29 is 8.78 Å². The van der Waals surface area contributed by atoms with Crippen LogP contribution in [0.5, 0.6) is 0 Å². The van der Waals surface area contributed by atoms with E-state index in [4.69, 9.17) is 0 Å². The van der Waals surface area contributed by atoms with E-state index in [0.717, 1.165) is 6.92 Å². The summed E-state index contributed by atoms with van der Waals surface area (Å²) in [5, 5.41) is 0. The van der Waals surface area contributed by atoms with Crippen molar-refractivity contribution in [3.63, 3.8) is 0 Å². The topological polar surface area (TPSA) is 0 Å². The molecule has 0 heterocycles. The van der Waals surface area contributed by atoms with Gasteiger partial charge in [0.2, 0.25) is 5.92 Å². The van der Waals surface area contributed by atoms with Crippen molar-refractivity contribution >= 4 is 0 Å². The van der Waals surface area contributed by atoms with Gasteiger partial charge in [0.05, 0.1) is 0 Å². The Morgan fingerprint density at radius 3 is 1.27 bits per heavy atom. The van der Waals surface area contributed by atoms with Crippen LogP contribution in [0.4, 0.5) is 8.78 Å². The van der Waals surface area contributed by atoms with Crippen LogP contribution in [0.3, 0.4) is 0 Å². The molecule has 2 heteroatoms. The van der Waals surface area contributed by atoms with Crippen molar-refractivity contribution in [2.24, 2.45) is 11.8 Å². The first-order chi connectivity index (χ1) is 4.85. The fourth-order valence-electron chi connectivity index (χ4n) is 0.585. The molecule has 0 saturated heterocycles. The largest absolute Gasteiger partial charge is 0.248 e. The highest BCUT2D eigenvalue weighted by Gasteiger charge is 2.31. The second-order valence-corrected chi connectivity index (χ2v) is 2.99. The molecule has 0 bridgehead atoms. The van der Waals surface area contributed by atoms with Gasteiger partial charge in [0.15, 0.2) is 0 Å². The van der Waals surface area contributed by atoms with Crippen LogP contribution in [0.25, 0.3) is 0 Å². The SMILES string of the molecule is CC.CC(C)C(C)C(C)(F)F. The van der Waals surface area contributed by atoms with Crippen molar-refractivity contribution in [2.45, 2.75) is 47.5 Å². The maximum atomic E-state index is 12.4. The Labute approximate surface area is 69.0 Å². The third-order valence-corrected chi connectivity index (χ3v) is 1.80. The highest BCUT2D eigenvalue weighted by atomic mass is 19.3. The van der Waals surface area contributed by atoms with E-state index in [2.05, 4.69) is 0 Å². The fraction of sp³-hybridized carbons (Fsp3) is 1.00. The first-order valence-corrected chi connectivity index (χ1v) is 4.23. The lowest BCUT2D eigenvalue weighted by Gasteiger charge is -2.22. The van der Waals surface area contributed by atoms with E-state index in [1.807, 2.05) is 27.7 Å². The summed E-state index contributed by atoms with van der Waals surface area (Å²) >= 11 is 0. The third kappa shape index (κ3) is 6.27. The minimum absolute atomic E-state index is 0.0602. The van der Waals surface area contributed by atoms with Gasteiger partial charge in [-0.1, -0.05) is 34.6 Å². The van der Waals surface area contributed by atoms with Gasteiger partial charge in [-0.3, -0.25) is 0 Å². The molecule has 0 N–H and O–H groups in total. The van der Waals surface area contributed by atoms with Crippen molar-refractivity contribution in [1.82, 2.24) is 0 Å². The molecular weight excluding hydrogens is 146 g/mol. The van der Waals surface area contributed by atoms with E-state index in [1.54, 1.807) is 6.92 Å². The van der Waals surface area contributed by atoms with Gasteiger partial charge in [-0.2, -0.15) is 0 Å². The summed E-state index contributed by atoms with van der Waals surface area (Å²) in [5.41, 5.74) is 0. The molecule has 0 radical (unpaired) electrons. The Morgan fingerprint density at radius 1 is 1.00 bits per heavy atom. The van der Waals surface area contributed by atoms with E-state index in [9.17, 15) is 8.78 Å². The Morgan fingerprint density at radius 2 is 1.27 bits per heavy atom. The molecule has 0 aromatic carbocycles. The summed E-state index contributed by atoms with van der Waals surface area (Å²) in [6.45, 7) is 10.2.